The second kappa shape index (κ2) is 6.37. The van der Waals surface area contributed by atoms with Crippen molar-refractivity contribution < 1.29 is 14.7 Å². The number of nitrogens with zero attached hydrogens (tertiary/aromatic N) is 2. The Balaban J connectivity index is 2.63. The van der Waals surface area contributed by atoms with E-state index in [1.807, 2.05) is 18.7 Å². The lowest BCUT2D eigenvalue weighted by molar-refractivity contribution is -0.141. The second-order valence-corrected chi connectivity index (χ2v) is 6.46. The number of aliphatic carboxylic acids is 1. The standard InChI is InChI=1S/C14H26N2O3/c1-11-10-15(4)6-5-7-16(11)12(17)8-14(2,3)9-13(18)19/h11H,5-10H2,1-4H3,(H,18,19). The van der Waals surface area contributed by atoms with Gasteiger partial charge in [-0.2, -0.15) is 0 Å². The molecular formula is C14H26N2O3. The van der Waals surface area contributed by atoms with Crippen LogP contribution in [-0.4, -0.2) is 59.5 Å². The maximum Gasteiger partial charge on any atom is 0.303 e. The summed E-state index contributed by atoms with van der Waals surface area (Å²) in [6, 6.07) is 0.195. The third-order valence-corrected chi connectivity index (χ3v) is 3.63. The Hall–Kier alpha value is -1.10. The molecule has 0 aromatic rings. The minimum Gasteiger partial charge on any atom is -0.481 e. The summed E-state index contributed by atoms with van der Waals surface area (Å²) in [5, 5.41) is 8.87. The normalized spacial score (nSPS) is 22.1. The lowest BCUT2D eigenvalue weighted by atomic mass is 9.85. The molecular weight excluding hydrogens is 244 g/mol. The quantitative estimate of drug-likeness (QED) is 0.839. The van der Waals surface area contributed by atoms with Crippen molar-refractivity contribution in [3.05, 3.63) is 0 Å². The second-order valence-electron chi connectivity index (χ2n) is 6.46. The molecule has 0 aromatic heterocycles. The third kappa shape index (κ3) is 5.19. The first-order valence-electron chi connectivity index (χ1n) is 6.91. The Morgan fingerprint density at radius 1 is 1.26 bits per heavy atom. The van der Waals surface area contributed by atoms with Gasteiger partial charge in [0.15, 0.2) is 0 Å². The van der Waals surface area contributed by atoms with Gasteiger partial charge in [0.1, 0.15) is 0 Å². The molecule has 0 aromatic carbocycles. The summed E-state index contributed by atoms with van der Waals surface area (Å²) in [6.45, 7) is 8.40. The van der Waals surface area contributed by atoms with Crippen molar-refractivity contribution in [2.45, 2.75) is 46.1 Å². The molecule has 1 aliphatic heterocycles. The minimum atomic E-state index is -0.846. The molecule has 19 heavy (non-hydrogen) atoms. The highest BCUT2D eigenvalue weighted by molar-refractivity contribution is 5.78. The molecule has 1 aliphatic rings. The van der Waals surface area contributed by atoms with Crippen molar-refractivity contribution in [1.29, 1.82) is 0 Å². The van der Waals surface area contributed by atoms with E-state index in [1.165, 1.54) is 0 Å². The van der Waals surface area contributed by atoms with Gasteiger partial charge in [-0.1, -0.05) is 13.8 Å². The van der Waals surface area contributed by atoms with Gasteiger partial charge in [0.05, 0.1) is 6.42 Å². The van der Waals surface area contributed by atoms with Crippen LogP contribution in [0.25, 0.3) is 0 Å². The van der Waals surface area contributed by atoms with E-state index in [0.717, 1.165) is 26.1 Å². The maximum atomic E-state index is 12.4. The van der Waals surface area contributed by atoms with Gasteiger partial charge in [-0.15, -0.1) is 0 Å². The van der Waals surface area contributed by atoms with Crippen molar-refractivity contribution in [2.75, 3.05) is 26.7 Å². The Labute approximate surface area is 115 Å². The van der Waals surface area contributed by atoms with Crippen molar-refractivity contribution in [3.63, 3.8) is 0 Å². The molecule has 5 nitrogen and oxygen atoms in total. The predicted octanol–water partition coefficient (Wildman–Crippen LogP) is 1.43. The monoisotopic (exact) mass is 270 g/mol. The van der Waals surface area contributed by atoms with Crippen LogP contribution in [0.4, 0.5) is 0 Å². The zero-order valence-electron chi connectivity index (χ0n) is 12.5. The summed E-state index contributed by atoms with van der Waals surface area (Å²) in [5.41, 5.74) is -0.485. The van der Waals surface area contributed by atoms with Crippen LogP contribution in [0.15, 0.2) is 0 Å². The first-order valence-corrected chi connectivity index (χ1v) is 6.91. The molecule has 1 fully saturated rings. The number of likely N-dealkylation sites (N-methyl/N-ethyl adjacent to an activating group) is 1. The predicted molar refractivity (Wildman–Crippen MR) is 73.9 cm³/mol. The van der Waals surface area contributed by atoms with E-state index in [-0.39, 0.29) is 18.4 Å². The first kappa shape index (κ1) is 16.0. The number of carboxylic acids is 1. The van der Waals surface area contributed by atoms with E-state index in [1.54, 1.807) is 0 Å². The highest BCUT2D eigenvalue weighted by atomic mass is 16.4. The van der Waals surface area contributed by atoms with Crippen molar-refractivity contribution >= 4 is 11.9 Å². The molecule has 1 amide bonds. The number of carbonyl (C=O) groups excluding carboxylic acids is 1. The van der Waals surface area contributed by atoms with Gasteiger partial charge in [-0.3, -0.25) is 9.59 Å². The van der Waals surface area contributed by atoms with E-state index in [2.05, 4.69) is 18.9 Å². The van der Waals surface area contributed by atoms with Crippen LogP contribution in [0, 0.1) is 5.41 Å². The Kier molecular flexibility index (Phi) is 5.35. The fourth-order valence-electron chi connectivity index (χ4n) is 2.73. The van der Waals surface area contributed by atoms with Crippen LogP contribution in [-0.2, 0) is 9.59 Å². The van der Waals surface area contributed by atoms with Gasteiger partial charge in [-0.25, -0.2) is 0 Å². The summed E-state index contributed by atoms with van der Waals surface area (Å²) < 4.78 is 0. The zero-order chi connectivity index (χ0) is 14.6. The fourth-order valence-corrected chi connectivity index (χ4v) is 2.73. The number of rotatable bonds is 4. The number of amides is 1. The van der Waals surface area contributed by atoms with E-state index in [4.69, 9.17) is 5.11 Å². The van der Waals surface area contributed by atoms with E-state index >= 15 is 0 Å². The number of hydrogen-bond acceptors (Lipinski definition) is 3. The van der Waals surface area contributed by atoms with E-state index < -0.39 is 11.4 Å². The van der Waals surface area contributed by atoms with Gasteiger partial charge in [-0.05, 0) is 32.4 Å². The van der Waals surface area contributed by atoms with Gasteiger partial charge in [0.25, 0.3) is 0 Å². The summed E-state index contributed by atoms with van der Waals surface area (Å²) >= 11 is 0. The zero-order valence-corrected chi connectivity index (χ0v) is 12.5. The molecule has 110 valence electrons. The first-order chi connectivity index (χ1) is 8.71. The van der Waals surface area contributed by atoms with Crippen LogP contribution in [0.5, 0.6) is 0 Å². The Morgan fingerprint density at radius 2 is 1.89 bits per heavy atom. The summed E-state index contributed by atoms with van der Waals surface area (Å²) in [5.74, 6) is -0.768. The summed E-state index contributed by atoms with van der Waals surface area (Å²) in [6.07, 6.45) is 1.31. The molecule has 1 N–H and O–H groups in total. The summed E-state index contributed by atoms with van der Waals surface area (Å²) in [7, 11) is 2.07. The van der Waals surface area contributed by atoms with Crippen LogP contribution >= 0.6 is 0 Å². The van der Waals surface area contributed by atoms with Gasteiger partial charge in [0.2, 0.25) is 5.91 Å². The molecule has 0 radical (unpaired) electrons. The molecule has 5 heteroatoms. The largest absolute Gasteiger partial charge is 0.481 e. The molecule has 0 saturated carbocycles. The highest BCUT2D eigenvalue weighted by Crippen LogP contribution is 2.26. The van der Waals surface area contributed by atoms with Crippen molar-refractivity contribution in [2.24, 2.45) is 5.41 Å². The van der Waals surface area contributed by atoms with Crippen LogP contribution < -0.4 is 0 Å². The maximum absolute atomic E-state index is 12.4. The average Bonchev–Trinajstić information content (AvgIpc) is 2.35. The highest BCUT2D eigenvalue weighted by Gasteiger charge is 2.30. The topological polar surface area (TPSA) is 60.9 Å². The smallest absolute Gasteiger partial charge is 0.303 e. The molecule has 0 bridgehead atoms. The Bertz CT molecular complexity index is 342. The SMILES string of the molecule is CC1CN(C)CCCN1C(=O)CC(C)(C)CC(=O)O. The Morgan fingerprint density at radius 3 is 2.47 bits per heavy atom. The molecule has 1 saturated heterocycles. The molecule has 1 heterocycles. The summed E-state index contributed by atoms with van der Waals surface area (Å²) in [4.78, 5) is 27.3. The minimum absolute atomic E-state index is 0.0286. The van der Waals surface area contributed by atoms with Crippen molar-refractivity contribution in [1.82, 2.24) is 9.80 Å². The number of carboxylic acid groups (broad SMARTS) is 1. The van der Waals surface area contributed by atoms with Crippen LogP contribution in [0.3, 0.4) is 0 Å². The molecule has 1 unspecified atom stereocenters. The molecule has 0 aliphatic carbocycles. The van der Waals surface area contributed by atoms with Crippen molar-refractivity contribution in [3.8, 4) is 0 Å². The van der Waals surface area contributed by atoms with Crippen LogP contribution in [0.2, 0.25) is 0 Å². The van der Waals surface area contributed by atoms with Gasteiger partial charge >= 0.3 is 5.97 Å². The average molecular weight is 270 g/mol. The van der Waals surface area contributed by atoms with E-state index in [0.29, 0.717) is 6.42 Å². The third-order valence-electron chi connectivity index (χ3n) is 3.63. The van der Waals surface area contributed by atoms with E-state index in [9.17, 15) is 9.59 Å². The van der Waals surface area contributed by atoms with Crippen LogP contribution in [0.1, 0.15) is 40.0 Å². The molecule has 1 rings (SSSR count). The number of hydrogen-bond donors (Lipinski definition) is 1. The molecule has 0 spiro atoms. The number of carbonyl (C=O) groups is 2. The fraction of sp³-hybridized carbons (Fsp3) is 0.857. The van der Waals surface area contributed by atoms with Gasteiger partial charge < -0.3 is 14.9 Å². The lowest BCUT2D eigenvalue weighted by Gasteiger charge is -2.31. The lowest BCUT2D eigenvalue weighted by Crippen LogP contribution is -2.43. The van der Waals surface area contributed by atoms with Gasteiger partial charge in [0, 0.05) is 25.6 Å². The molecule has 1 atom stereocenters.